The van der Waals surface area contributed by atoms with E-state index in [1.165, 1.54) is 6.20 Å². The summed E-state index contributed by atoms with van der Waals surface area (Å²) in [5.41, 5.74) is 0.719. The molecule has 0 unspecified atom stereocenters. The Kier molecular flexibility index (Phi) is 6.40. The monoisotopic (exact) mass is 456 g/mol. The minimum absolute atomic E-state index is 0.0505. The van der Waals surface area contributed by atoms with Gasteiger partial charge in [-0.2, -0.15) is 0 Å². The van der Waals surface area contributed by atoms with Gasteiger partial charge in [0.2, 0.25) is 5.91 Å². The Morgan fingerprint density at radius 1 is 1.03 bits per heavy atom. The van der Waals surface area contributed by atoms with E-state index >= 15 is 0 Å². The zero-order valence-electron chi connectivity index (χ0n) is 15.1. The molecule has 0 bridgehead atoms. The minimum atomic E-state index is -0.614. The van der Waals surface area contributed by atoms with Gasteiger partial charge in [0, 0.05) is 28.5 Å². The highest BCUT2D eigenvalue weighted by atomic mass is 79.9. The highest BCUT2D eigenvalue weighted by molar-refractivity contribution is 9.10. The van der Waals surface area contributed by atoms with Gasteiger partial charge in [0.15, 0.2) is 0 Å². The zero-order chi connectivity index (χ0) is 20.8. The number of amides is 2. The zero-order valence-corrected chi connectivity index (χ0v) is 16.7. The summed E-state index contributed by atoms with van der Waals surface area (Å²) in [6, 6.07) is 13.9. The normalized spacial score (nSPS) is 10.4. The summed E-state index contributed by atoms with van der Waals surface area (Å²) in [4.78, 5) is 51.7. The van der Waals surface area contributed by atoms with Crippen LogP contribution in [-0.2, 0) is 17.8 Å². The van der Waals surface area contributed by atoms with Gasteiger partial charge < -0.3 is 15.6 Å². The number of halogens is 1. The van der Waals surface area contributed by atoms with Crippen LogP contribution in [0.4, 0.5) is 5.69 Å². The van der Waals surface area contributed by atoms with Crippen LogP contribution in [0, 0.1) is 0 Å². The van der Waals surface area contributed by atoms with Gasteiger partial charge >= 0.3 is 5.69 Å². The number of nitrogens with one attached hydrogen (secondary N) is 4. The van der Waals surface area contributed by atoms with Crippen LogP contribution in [0.15, 0.2) is 68.8 Å². The average molecular weight is 457 g/mol. The molecule has 4 N–H and O–H groups in total. The number of anilines is 1. The molecule has 3 aromatic rings. The molecule has 0 radical (unpaired) electrons. The van der Waals surface area contributed by atoms with Crippen LogP contribution in [0.25, 0.3) is 0 Å². The largest absolute Gasteiger partial charge is 0.348 e. The fourth-order valence-corrected chi connectivity index (χ4v) is 2.84. The SMILES string of the molecule is O=C(Cc1ccc(Br)cc1)Nc1cccc(C(=O)NCc2c[nH]c(=O)[nH]c2=O)c1. The Labute approximate surface area is 173 Å². The molecule has 2 aromatic carbocycles. The van der Waals surface area contributed by atoms with Crippen LogP contribution in [0.5, 0.6) is 0 Å². The van der Waals surface area contributed by atoms with Crippen molar-refractivity contribution < 1.29 is 9.59 Å². The Morgan fingerprint density at radius 3 is 2.52 bits per heavy atom. The lowest BCUT2D eigenvalue weighted by molar-refractivity contribution is -0.115. The summed E-state index contributed by atoms with van der Waals surface area (Å²) >= 11 is 3.35. The highest BCUT2D eigenvalue weighted by Gasteiger charge is 2.10. The molecule has 0 atom stereocenters. The maximum absolute atomic E-state index is 12.3. The lowest BCUT2D eigenvalue weighted by Crippen LogP contribution is -2.30. The lowest BCUT2D eigenvalue weighted by Gasteiger charge is -2.08. The van der Waals surface area contributed by atoms with E-state index in [1.807, 2.05) is 24.3 Å². The van der Waals surface area contributed by atoms with E-state index in [2.05, 4.69) is 36.5 Å². The van der Waals surface area contributed by atoms with Gasteiger partial charge in [0.1, 0.15) is 0 Å². The Morgan fingerprint density at radius 2 is 1.79 bits per heavy atom. The summed E-state index contributed by atoms with van der Waals surface area (Å²) < 4.78 is 0.934. The molecule has 29 heavy (non-hydrogen) atoms. The molecule has 0 spiro atoms. The molecule has 2 amide bonds. The third-order valence-electron chi connectivity index (χ3n) is 4.02. The molecule has 0 saturated carbocycles. The van der Waals surface area contributed by atoms with Gasteiger partial charge in [-0.15, -0.1) is 0 Å². The molecule has 9 heteroatoms. The van der Waals surface area contributed by atoms with E-state index in [-0.39, 0.29) is 24.4 Å². The number of hydrogen-bond acceptors (Lipinski definition) is 4. The van der Waals surface area contributed by atoms with E-state index in [4.69, 9.17) is 0 Å². The standard InChI is InChI=1S/C20H17BrN4O4/c21-15-6-4-12(5-7-15)8-17(26)24-16-3-1-2-13(9-16)18(27)22-10-14-11-23-20(29)25-19(14)28/h1-7,9,11H,8,10H2,(H,22,27)(H,24,26)(H2,23,25,28,29). The number of H-pyrrole nitrogens is 2. The second kappa shape index (κ2) is 9.16. The molecular weight excluding hydrogens is 440 g/mol. The molecule has 1 heterocycles. The number of aromatic nitrogens is 2. The van der Waals surface area contributed by atoms with Crippen molar-refractivity contribution >= 4 is 33.4 Å². The average Bonchev–Trinajstić information content (AvgIpc) is 2.69. The Balaban J connectivity index is 1.61. The molecule has 0 saturated heterocycles. The summed E-state index contributed by atoms with van der Waals surface area (Å²) in [5, 5.41) is 5.37. The van der Waals surface area contributed by atoms with Crippen molar-refractivity contribution in [3.63, 3.8) is 0 Å². The summed E-state index contributed by atoms with van der Waals surface area (Å²) in [6.07, 6.45) is 1.46. The van der Waals surface area contributed by atoms with Crippen LogP contribution in [0.2, 0.25) is 0 Å². The first kappa shape index (κ1) is 20.3. The molecule has 0 fully saturated rings. The first-order chi connectivity index (χ1) is 13.9. The predicted molar refractivity (Wildman–Crippen MR) is 112 cm³/mol. The fraction of sp³-hybridized carbons (Fsp3) is 0.100. The molecule has 3 rings (SSSR count). The van der Waals surface area contributed by atoms with Crippen LogP contribution < -0.4 is 21.9 Å². The van der Waals surface area contributed by atoms with E-state index in [1.54, 1.807) is 24.3 Å². The van der Waals surface area contributed by atoms with Gasteiger partial charge in [-0.25, -0.2) is 4.79 Å². The molecule has 0 aliphatic carbocycles. The fourth-order valence-electron chi connectivity index (χ4n) is 2.58. The van der Waals surface area contributed by atoms with Gasteiger partial charge in [0.25, 0.3) is 11.5 Å². The van der Waals surface area contributed by atoms with Crippen molar-refractivity contribution in [2.24, 2.45) is 0 Å². The molecular formula is C20H17BrN4O4. The van der Waals surface area contributed by atoms with Crippen molar-refractivity contribution in [2.75, 3.05) is 5.32 Å². The highest BCUT2D eigenvalue weighted by Crippen LogP contribution is 2.14. The lowest BCUT2D eigenvalue weighted by atomic mass is 10.1. The molecule has 148 valence electrons. The van der Waals surface area contributed by atoms with E-state index in [9.17, 15) is 19.2 Å². The first-order valence-electron chi connectivity index (χ1n) is 8.64. The maximum atomic E-state index is 12.3. The first-order valence-corrected chi connectivity index (χ1v) is 9.43. The maximum Gasteiger partial charge on any atom is 0.325 e. The van der Waals surface area contributed by atoms with E-state index in [0.29, 0.717) is 11.3 Å². The van der Waals surface area contributed by atoms with Crippen molar-refractivity contribution in [3.05, 3.63) is 96.7 Å². The van der Waals surface area contributed by atoms with E-state index in [0.717, 1.165) is 10.0 Å². The number of carbonyl (C=O) groups excluding carboxylic acids is 2. The summed E-state index contributed by atoms with van der Waals surface area (Å²) in [6.45, 7) is -0.0505. The van der Waals surface area contributed by atoms with Crippen molar-refractivity contribution in [1.29, 1.82) is 0 Å². The summed E-state index contributed by atoms with van der Waals surface area (Å²) in [5.74, 6) is -0.621. The second-order valence-electron chi connectivity index (χ2n) is 6.21. The van der Waals surface area contributed by atoms with Gasteiger partial charge in [-0.3, -0.25) is 19.4 Å². The van der Waals surface area contributed by atoms with Crippen molar-refractivity contribution in [3.8, 4) is 0 Å². The Bertz CT molecular complexity index is 1150. The molecule has 0 aliphatic heterocycles. The number of benzene rings is 2. The van der Waals surface area contributed by atoms with Gasteiger partial charge in [0.05, 0.1) is 12.0 Å². The number of aromatic amines is 2. The van der Waals surface area contributed by atoms with Crippen LogP contribution >= 0.6 is 15.9 Å². The predicted octanol–water partition coefficient (Wildman–Crippen LogP) is 1.94. The summed E-state index contributed by atoms with van der Waals surface area (Å²) in [7, 11) is 0. The van der Waals surface area contributed by atoms with E-state index < -0.39 is 17.2 Å². The Hall–Kier alpha value is -3.46. The smallest absolute Gasteiger partial charge is 0.325 e. The van der Waals surface area contributed by atoms with Crippen LogP contribution in [0.1, 0.15) is 21.5 Å². The second-order valence-corrected chi connectivity index (χ2v) is 7.13. The topological polar surface area (TPSA) is 124 Å². The minimum Gasteiger partial charge on any atom is -0.348 e. The third kappa shape index (κ3) is 5.76. The molecule has 1 aromatic heterocycles. The molecule has 0 aliphatic rings. The third-order valence-corrected chi connectivity index (χ3v) is 4.55. The number of carbonyl (C=O) groups is 2. The van der Waals surface area contributed by atoms with Gasteiger partial charge in [-0.05, 0) is 35.9 Å². The quantitative estimate of drug-likeness (QED) is 0.452. The number of rotatable bonds is 6. The van der Waals surface area contributed by atoms with Crippen LogP contribution in [-0.4, -0.2) is 21.8 Å². The molecule has 8 nitrogen and oxygen atoms in total. The van der Waals surface area contributed by atoms with Crippen molar-refractivity contribution in [2.45, 2.75) is 13.0 Å². The number of hydrogen-bond donors (Lipinski definition) is 4. The van der Waals surface area contributed by atoms with Crippen molar-refractivity contribution in [1.82, 2.24) is 15.3 Å². The van der Waals surface area contributed by atoms with Gasteiger partial charge in [-0.1, -0.05) is 34.1 Å². The van der Waals surface area contributed by atoms with Crippen LogP contribution in [0.3, 0.4) is 0 Å².